The number of rotatable bonds is 2. The SMILES string of the molecule is Cc1cc(-c2cnn3c2C(=O)N(c2ccc(C(F)(F)F)c(Cl)c2)C[C@@H]3C)cc(C)n1. The van der Waals surface area contributed by atoms with Crippen molar-refractivity contribution < 1.29 is 18.0 Å². The molecule has 0 N–H and O–H groups in total. The number of benzene rings is 1. The van der Waals surface area contributed by atoms with E-state index in [0.29, 0.717) is 16.9 Å². The van der Waals surface area contributed by atoms with Gasteiger partial charge in [-0.15, -0.1) is 0 Å². The number of anilines is 1. The third kappa shape index (κ3) is 3.45. The molecule has 1 atom stereocenters. The highest BCUT2D eigenvalue weighted by atomic mass is 35.5. The summed E-state index contributed by atoms with van der Waals surface area (Å²) in [5.41, 5.74) is 2.86. The minimum Gasteiger partial charge on any atom is -0.305 e. The molecule has 4 rings (SSSR count). The summed E-state index contributed by atoms with van der Waals surface area (Å²) in [5.74, 6) is -0.344. The molecule has 156 valence electrons. The van der Waals surface area contributed by atoms with E-state index in [4.69, 9.17) is 11.6 Å². The van der Waals surface area contributed by atoms with Crippen molar-refractivity contribution >= 4 is 23.2 Å². The van der Waals surface area contributed by atoms with Crippen molar-refractivity contribution in [1.82, 2.24) is 14.8 Å². The zero-order valence-corrected chi connectivity index (χ0v) is 17.2. The van der Waals surface area contributed by atoms with Gasteiger partial charge >= 0.3 is 6.18 Å². The van der Waals surface area contributed by atoms with Gasteiger partial charge in [-0.2, -0.15) is 18.3 Å². The van der Waals surface area contributed by atoms with E-state index in [2.05, 4.69) is 10.1 Å². The number of hydrogen-bond acceptors (Lipinski definition) is 3. The normalized spacial score (nSPS) is 16.7. The van der Waals surface area contributed by atoms with Gasteiger partial charge in [-0.05, 0) is 56.7 Å². The van der Waals surface area contributed by atoms with Crippen molar-refractivity contribution in [2.24, 2.45) is 0 Å². The van der Waals surface area contributed by atoms with Gasteiger partial charge in [0.1, 0.15) is 5.69 Å². The van der Waals surface area contributed by atoms with Gasteiger partial charge in [0.15, 0.2) is 0 Å². The molecule has 0 radical (unpaired) electrons. The summed E-state index contributed by atoms with van der Waals surface area (Å²) >= 11 is 5.88. The van der Waals surface area contributed by atoms with Crippen molar-refractivity contribution in [3.05, 3.63) is 64.2 Å². The molecule has 0 spiro atoms. The zero-order chi connectivity index (χ0) is 21.8. The molecule has 0 saturated heterocycles. The van der Waals surface area contributed by atoms with Gasteiger partial charge in [0.05, 0.1) is 22.8 Å². The number of hydrogen-bond donors (Lipinski definition) is 0. The minimum absolute atomic E-state index is 0.170. The number of amides is 1. The van der Waals surface area contributed by atoms with Crippen LogP contribution >= 0.6 is 11.6 Å². The molecule has 2 aromatic heterocycles. The van der Waals surface area contributed by atoms with Gasteiger partial charge in [-0.3, -0.25) is 14.5 Å². The Kier molecular flexibility index (Phi) is 4.85. The molecule has 1 amide bonds. The van der Waals surface area contributed by atoms with Gasteiger partial charge in [-0.1, -0.05) is 11.6 Å². The molecule has 1 aromatic carbocycles. The number of alkyl halides is 3. The summed E-state index contributed by atoms with van der Waals surface area (Å²) in [4.78, 5) is 19.2. The summed E-state index contributed by atoms with van der Waals surface area (Å²) < 4.78 is 40.8. The smallest absolute Gasteiger partial charge is 0.305 e. The number of aryl methyl sites for hydroxylation is 2. The van der Waals surface area contributed by atoms with Gasteiger partial charge in [0.2, 0.25) is 0 Å². The van der Waals surface area contributed by atoms with Crippen LogP contribution in [0.2, 0.25) is 5.02 Å². The highest BCUT2D eigenvalue weighted by molar-refractivity contribution is 6.31. The van der Waals surface area contributed by atoms with Crippen molar-refractivity contribution in [2.45, 2.75) is 33.0 Å². The van der Waals surface area contributed by atoms with E-state index in [-0.39, 0.29) is 18.5 Å². The average molecular weight is 435 g/mol. The predicted molar refractivity (Wildman–Crippen MR) is 108 cm³/mol. The van der Waals surface area contributed by atoms with Crippen LogP contribution in [0.3, 0.4) is 0 Å². The van der Waals surface area contributed by atoms with Crippen molar-refractivity contribution in [3.63, 3.8) is 0 Å². The van der Waals surface area contributed by atoms with Crippen LogP contribution in [0.1, 0.15) is 40.4 Å². The monoisotopic (exact) mass is 434 g/mol. The molecule has 0 bridgehead atoms. The molecular formula is C21H18ClF3N4O. The summed E-state index contributed by atoms with van der Waals surface area (Å²) in [6.45, 7) is 5.90. The first-order chi connectivity index (χ1) is 14.1. The second-order valence-corrected chi connectivity index (χ2v) is 7.82. The third-order valence-corrected chi connectivity index (χ3v) is 5.38. The zero-order valence-electron chi connectivity index (χ0n) is 16.5. The van der Waals surface area contributed by atoms with Gasteiger partial charge in [-0.25, -0.2) is 0 Å². The van der Waals surface area contributed by atoms with E-state index in [1.165, 1.54) is 17.0 Å². The number of carbonyl (C=O) groups is 1. The van der Waals surface area contributed by atoms with E-state index in [9.17, 15) is 18.0 Å². The largest absolute Gasteiger partial charge is 0.417 e. The van der Waals surface area contributed by atoms with E-state index in [1.807, 2.05) is 32.9 Å². The van der Waals surface area contributed by atoms with E-state index >= 15 is 0 Å². The molecule has 0 fully saturated rings. The Morgan fingerprint density at radius 1 is 1.13 bits per heavy atom. The minimum atomic E-state index is -4.56. The van der Waals surface area contributed by atoms with Crippen molar-refractivity contribution in [2.75, 3.05) is 11.4 Å². The van der Waals surface area contributed by atoms with Crippen LogP contribution in [-0.4, -0.2) is 27.2 Å². The Morgan fingerprint density at radius 2 is 1.80 bits per heavy atom. The predicted octanol–water partition coefficient (Wildman–Crippen LogP) is 5.46. The van der Waals surface area contributed by atoms with Crippen molar-refractivity contribution in [1.29, 1.82) is 0 Å². The Balaban J connectivity index is 1.79. The summed E-state index contributed by atoms with van der Waals surface area (Å²) in [6.07, 6.45) is -2.92. The van der Waals surface area contributed by atoms with Crippen LogP contribution in [0.4, 0.5) is 18.9 Å². The molecule has 5 nitrogen and oxygen atoms in total. The fourth-order valence-corrected chi connectivity index (χ4v) is 4.07. The van der Waals surface area contributed by atoms with E-state index in [1.54, 1.807) is 10.9 Å². The molecule has 9 heteroatoms. The summed E-state index contributed by atoms with van der Waals surface area (Å²) in [5, 5.41) is 3.95. The molecule has 30 heavy (non-hydrogen) atoms. The number of aromatic nitrogens is 3. The Bertz CT molecular complexity index is 1140. The first kappa shape index (κ1) is 20.4. The van der Waals surface area contributed by atoms with Crippen LogP contribution in [0.5, 0.6) is 0 Å². The highest BCUT2D eigenvalue weighted by Gasteiger charge is 2.36. The lowest BCUT2D eigenvalue weighted by Gasteiger charge is -2.32. The fourth-order valence-electron chi connectivity index (χ4n) is 3.79. The highest BCUT2D eigenvalue weighted by Crippen LogP contribution is 2.38. The van der Waals surface area contributed by atoms with Gasteiger partial charge in [0.25, 0.3) is 5.91 Å². The molecule has 0 unspecified atom stereocenters. The van der Waals surface area contributed by atoms with Gasteiger partial charge in [0, 0.05) is 29.2 Å². The fraction of sp³-hybridized carbons (Fsp3) is 0.286. The molecule has 3 aromatic rings. The molecule has 1 aliphatic rings. The Labute approximate surface area is 176 Å². The first-order valence-electron chi connectivity index (χ1n) is 9.28. The maximum Gasteiger partial charge on any atom is 0.417 e. The molecular weight excluding hydrogens is 417 g/mol. The first-order valence-corrected chi connectivity index (χ1v) is 9.66. The quantitative estimate of drug-likeness (QED) is 0.538. The maximum atomic E-state index is 13.4. The molecule has 1 aliphatic heterocycles. The lowest BCUT2D eigenvalue weighted by Crippen LogP contribution is -2.42. The van der Waals surface area contributed by atoms with Crippen LogP contribution in [-0.2, 0) is 6.18 Å². The van der Waals surface area contributed by atoms with Crippen LogP contribution < -0.4 is 4.90 Å². The topological polar surface area (TPSA) is 51.0 Å². The van der Waals surface area contributed by atoms with Crippen LogP contribution in [0.15, 0.2) is 36.5 Å². The Morgan fingerprint density at radius 3 is 2.40 bits per heavy atom. The van der Waals surface area contributed by atoms with Crippen molar-refractivity contribution in [3.8, 4) is 11.1 Å². The summed E-state index contributed by atoms with van der Waals surface area (Å²) in [7, 11) is 0. The standard InChI is InChI=1S/C21H18ClF3N4O/c1-11-6-14(7-12(2)27-11)16-9-26-29-13(3)10-28(20(30)19(16)29)15-4-5-17(18(22)8-15)21(23,24)25/h4-9,13H,10H2,1-3H3/t13-/m0/s1. The molecule has 3 heterocycles. The third-order valence-electron chi connectivity index (χ3n) is 5.07. The Hall–Kier alpha value is -2.87. The number of halogens is 4. The lowest BCUT2D eigenvalue weighted by atomic mass is 10.0. The van der Waals surface area contributed by atoms with E-state index < -0.39 is 16.8 Å². The number of pyridine rings is 1. The number of carbonyl (C=O) groups excluding carboxylic acids is 1. The lowest BCUT2D eigenvalue weighted by molar-refractivity contribution is -0.137. The maximum absolute atomic E-state index is 13.4. The second kappa shape index (κ2) is 7.12. The number of fused-ring (bicyclic) bond motifs is 1. The second-order valence-electron chi connectivity index (χ2n) is 7.42. The molecule has 0 aliphatic carbocycles. The average Bonchev–Trinajstić information content (AvgIpc) is 3.09. The van der Waals surface area contributed by atoms with Gasteiger partial charge < -0.3 is 4.90 Å². The van der Waals surface area contributed by atoms with Crippen LogP contribution in [0.25, 0.3) is 11.1 Å². The summed E-state index contributed by atoms with van der Waals surface area (Å²) in [6, 6.07) is 6.93. The number of nitrogens with zero attached hydrogens (tertiary/aromatic N) is 4. The van der Waals surface area contributed by atoms with Crippen LogP contribution in [0, 0.1) is 13.8 Å². The molecule has 0 saturated carbocycles. The van der Waals surface area contributed by atoms with E-state index in [0.717, 1.165) is 23.0 Å².